The largest absolute Gasteiger partial charge is 0.478 e. The van der Waals surface area contributed by atoms with E-state index in [9.17, 15) is 4.79 Å². The van der Waals surface area contributed by atoms with Crippen molar-refractivity contribution >= 4 is 5.97 Å². The molecule has 0 aliphatic heterocycles. The Morgan fingerprint density at radius 2 is 1.69 bits per heavy atom. The highest BCUT2D eigenvalue weighted by Crippen LogP contribution is 2.65. The van der Waals surface area contributed by atoms with Crippen molar-refractivity contribution in [1.82, 2.24) is 0 Å². The van der Waals surface area contributed by atoms with Gasteiger partial charge in [-0.25, -0.2) is 4.79 Å². The number of hydrogen-bond donors (Lipinski definition) is 1. The fraction of sp³-hybridized carbons (Fsp3) is 0.542. The van der Waals surface area contributed by atoms with Crippen molar-refractivity contribution in [2.75, 3.05) is 0 Å². The maximum Gasteiger partial charge on any atom is 0.328 e. The third-order valence-electron chi connectivity index (χ3n) is 7.33. The lowest BCUT2D eigenvalue weighted by Gasteiger charge is -2.43. The number of carbonyl (C=O) groups is 1. The monoisotopic (exact) mass is 350 g/mol. The molecule has 0 saturated heterocycles. The molecule has 2 heteroatoms. The van der Waals surface area contributed by atoms with Gasteiger partial charge in [0.05, 0.1) is 0 Å². The van der Waals surface area contributed by atoms with Crippen molar-refractivity contribution in [2.45, 2.75) is 76.5 Å². The number of hydrogen-bond acceptors (Lipinski definition) is 1. The Morgan fingerprint density at radius 1 is 1.08 bits per heavy atom. The number of allylic oxidation sites excluding steroid dienone is 3. The van der Waals surface area contributed by atoms with Crippen LogP contribution >= 0.6 is 0 Å². The minimum atomic E-state index is -0.863. The molecule has 1 saturated carbocycles. The predicted molar refractivity (Wildman–Crippen MR) is 106 cm³/mol. The zero-order chi connectivity index (χ0) is 18.9. The molecule has 3 aliphatic carbocycles. The van der Waals surface area contributed by atoms with Crippen molar-refractivity contribution in [3.63, 3.8) is 0 Å². The van der Waals surface area contributed by atoms with Gasteiger partial charge in [-0.15, -0.1) is 0 Å². The normalized spacial score (nSPS) is 30.7. The zero-order valence-electron chi connectivity index (χ0n) is 16.6. The molecule has 2 nitrogen and oxygen atoms in total. The first-order valence-electron chi connectivity index (χ1n) is 9.84. The van der Waals surface area contributed by atoms with Crippen LogP contribution in [0.15, 0.2) is 35.9 Å². The van der Waals surface area contributed by atoms with Crippen molar-refractivity contribution in [3.05, 3.63) is 58.2 Å². The van der Waals surface area contributed by atoms with Gasteiger partial charge in [-0.05, 0) is 77.2 Å². The second-order valence-corrected chi connectivity index (χ2v) is 9.97. The number of fused-ring (bicyclic) bond motifs is 2. The maximum atomic E-state index is 10.9. The molecule has 3 aliphatic rings. The fourth-order valence-electron chi connectivity index (χ4n) is 5.43. The molecular formula is C24H30O2. The molecule has 1 fully saturated rings. The lowest BCUT2D eigenvalue weighted by atomic mass is 9.62. The molecule has 0 radical (unpaired) electrons. The Labute approximate surface area is 157 Å². The molecular weight excluding hydrogens is 320 g/mol. The summed E-state index contributed by atoms with van der Waals surface area (Å²) in [5.41, 5.74) is 7.88. The summed E-state index contributed by atoms with van der Waals surface area (Å²) in [5.74, 6) is -0.368. The van der Waals surface area contributed by atoms with Gasteiger partial charge < -0.3 is 5.11 Å². The van der Waals surface area contributed by atoms with Gasteiger partial charge in [0.2, 0.25) is 0 Å². The van der Waals surface area contributed by atoms with Crippen LogP contribution in [-0.2, 0) is 21.0 Å². The molecule has 26 heavy (non-hydrogen) atoms. The SMILES string of the molecule is Cc1cc2c(cc1C13CC=C(/C=C/C(=O)O)C1C3)C(C)(C)CCC2(C)C. The van der Waals surface area contributed by atoms with Crippen LogP contribution in [0.1, 0.15) is 75.6 Å². The van der Waals surface area contributed by atoms with E-state index in [1.165, 1.54) is 46.7 Å². The van der Waals surface area contributed by atoms with Crippen LogP contribution in [0.4, 0.5) is 0 Å². The third kappa shape index (κ3) is 2.49. The van der Waals surface area contributed by atoms with Gasteiger partial charge >= 0.3 is 5.97 Å². The van der Waals surface area contributed by atoms with E-state index in [2.05, 4.69) is 52.8 Å². The lowest BCUT2D eigenvalue weighted by Crippen LogP contribution is -2.34. The number of aliphatic carboxylic acids is 1. The Balaban J connectivity index is 1.74. The molecule has 2 unspecified atom stereocenters. The van der Waals surface area contributed by atoms with E-state index < -0.39 is 5.97 Å². The van der Waals surface area contributed by atoms with Crippen LogP contribution in [0.5, 0.6) is 0 Å². The summed E-state index contributed by atoms with van der Waals surface area (Å²) in [4.78, 5) is 10.9. The third-order valence-corrected chi connectivity index (χ3v) is 7.33. The lowest BCUT2D eigenvalue weighted by molar-refractivity contribution is -0.131. The Kier molecular flexibility index (Phi) is 3.61. The van der Waals surface area contributed by atoms with E-state index >= 15 is 0 Å². The van der Waals surface area contributed by atoms with E-state index in [4.69, 9.17) is 5.11 Å². The summed E-state index contributed by atoms with van der Waals surface area (Å²) >= 11 is 0. The quantitative estimate of drug-likeness (QED) is 0.723. The minimum Gasteiger partial charge on any atom is -0.478 e. The molecule has 0 aromatic heterocycles. The molecule has 0 spiro atoms. The Morgan fingerprint density at radius 3 is 2.27 bits per heavy atom. The molecule has 4 rings (SSSR count). The average molecular weight is 351 g/mol. The van der Waals surface area contributed by atoms with Gasteiger partial charge in [0, 0.05) is 11.5 Å². The van der Waals surface area contributed by atoms with Gasteiger partial charge in [0.15, 0.2) is 0 Å². The van der Waals surface area contributed by atoms with Crippen LogP contribution in [0.2, 0.25) is 0 Å². The zero-order valence-corrected chi connectivity index (χ0v) is 16.6. The Bertz CT molecular complexity index is 853. The van der Waals surface area contributed by atoms with Gasteiger partial charge in [0.25, 0.3) is 0 Å². The van der Waals surface area contributed by atoms with E-state index in [-0.39, 0.29) is 16.2 Å². The molecule has 1 aromatic carbocycles. The summed E-state index contributed by atoms with van der Waals surface area (Å²) in [6, 6.07) is 4.98. The maximum absolute atomic E-state index is 10.9. The first-order valence-corrected chi connectivity index (χ1v) is 9.84. The predicted octanol–water partition coefficient (Wildman–Crippen LogP) is 5.57. The second kappa shape index (κ2) is 5.34. The highest BCUT2D eigenvalue weighted by atomic mass is 16.4. The number of benzene rings is 1. The molecule has 1 N–H and O–H groups in total. The van der Waals surface area contributed by atoms with Crippen LogP contribution in [0.25, 0.3) is 0 Å². The Hall–Kier alpha value is -1.83. The van der Waals surface area contributed by atoms with Crippen LogP contribution in [0, 0.1) is 12.8 Å². The summed E-state index contributed by atoms with van der Waals surface area (Å²) in [6.45, 7) is 11.8. The van der Waals surface area contributed by atoms with Crippen molar-refractivity contribution in [2.24, 2.45) is 5.92 Å². The highest BCUT2D eigenvalue weighted by molar-refractivity contribution is 5.80. The first kappa shape index (κ1) is 17.6. The molecule has 1 aromatic rings. The van der Waals surface area contributed by atoms with Crippen molar-refractivity contribution < 1.29 is 9.90 Å². The van der Waals surface area contributed by atoms with Crippen LogP contribution in [0.3, 0.4) is 0 Å². The van der Waals surface area contributed by atoms with Gasteiger partial charge in [-0.2, -0.15) is 0 Å². The molecule has 0 bridgehead atoms. The molecule has 0 amide bonds. The van der Waals surface area contributed by atoms with E-state index in [0.717, 1.165) is 12.8 Å². The highest BCUT2D eigenvalue weighted by Gasteiger charge is 2.59. The summed E-state index contributed by atoms with van der Waals surface area (Å²) in [7, 11) is 0. The van der Waals surface area contributed by atoms with Crippen LogP contribution < -0.4 is 0 Å². The molecule has 0 heterocycles. The standard InChI is InChI=1S/C24H30O2/c1-15-12-18-19(23(4,5)11-10-22(18,2)3)13-17(15)24-9-8-16(20(24)14-24)6-7-21(25)26/h6-8,12-13,20H,9-11,14H2,1-5H3,(H,25,26)/b7-6+. The van der Waals surface area contributed by atoms with E-state index in [1.54, 1.807) is 0 Å². The minimum absolute atomic E-state index is 0.217. The topological polar surface area (TPSA) is 37.3 Å². The number of carboxylic acids is 1. The van der Waals surface area contributed by atoms with Gasteiger partial charge in [-0.1, -0.05) is 52.0 Å². The first-order chi connectivity index (χ1) is 12.1. The average Bonchev–Trinajstić information content (AvgIpc) is 3.17. The van der Waals surface area contributed by atoms with Crippen LogP contribution in [-0.4, -0.2) is 11.1 Å². The van der Waals surface area contributed by atoms with Gasteiger partial charge in [-0.3, -0.25) is 0 Å². The van der Waals surface area contributed by atoms with Crippen molar-refractivity contribution in [3.8, 4) is 0 Å². The number of aryl methyl sites for hydroxylation is 1. The molecule has 138 valence electrons. The van der Waals surface area contributed by atoms with E-state index in [0.29, 0.717) is 5.92 Å². The number of carboxylic acid groups (broad SMARTS) is 1. The smallest absolute Gasteiger partial charge is 0.328 e. The number of rotatable bonds is 3. The van der Waals surface area contributed by atoms with E-state index in [1.807, 2.05) is 6.08 Å². The summed E-state index contributed by atoms with van der Waals surface area (Å²) < 4.78 is 0. The fourth-order valence-corrected chi connectivity index (χ4v) is 5.43. The second-order valence-electron chi connectivity index (χ2n) is 9.97. The summed E-state index contributed by atoms with van der Waals surface area (Å²) in [5, 5.41) is 8.92. The summed E-state index contributed by atoms with van der Waals surface area (Å²) in [6.07, 6.45) is 10.0. The van der Waals surface area contributed by atoms with Gasteiger partial charge in [0.1, 0.15) is 0 Å². The molecule has 2 atom stereocenters. The van der Waals surface area contributed by atoms with Crippen molar-refractivity contribution in [1.29, 1.82) is 0 Å².